The minimum absolute atomic E-state index is 0.0725. The summed E-state index contributed by atoms with van der Waals surface area (Å²) in [7, 11) is 0. The van der Waals surface area contributed by atoms with Gasteiger partial charge in [0.2, 0.25) is 0 Å². The van der Waals surface area contributed by atoms with E-state index in [9.17, 15) is 4.79 Å². The summed E-state index contributed by atoms with van der Waals surface area (Å²) >= 11 is 1.43. The number of aromatic amines is 1. The molecule has 0 unspecified atom stereocenters. The predicted molar refractivity (Wildman–Crippen MR) is 86.9 cm³/mol. The van der Waals surface area contributed by atoms with E-state index in [4.69, 9.17) is 0 Å². The van der Waals surface area contributed by atoms with Gasteiger partial charge in [-0.25, -0.2) is 9.97 Å². The minimum atomic E-state index is -0.0725. The van der Waals surface area contributed by atoms with Gasteiger partial charge < -0.3 is 10.3 Å². The fourth-order valence-electron chi connectivity index (χ4n) is 2.12. The number of H-pyrrole nitrogens is 1. The lowest BCUT2D eigenvalue weighted by molar-refractivity contribution is 0.0957. The van der Waals surface area contributed by atoms with E-state index in [1.54, 1.807) is 12.5 Å². The molecule has 0 atom stereocenters. The fraction of sp³-hybridized carbons (Fsp3) is 0.188. The predicted octanol–water partition coefficient (Wildman–Crippen LogP) is 2.81. The van der Waals surface area contributed by atoms with E-state index in [2.05, 4.69) is 20.3 Å². The molecule has 0 bridgehead atoms. The Hall–Kier alpha value is -2.47. The molecule has 0 spiro atoms. The Morgan fingerprint density at radius 3 is 2.86 bits per heavy atom. The van der Waals surface area contributed by atoms with Crippen LogP contribution in [0.5, 0.6) is 0 Å². The van der Waals surface area contributed by atoms with Gasteiger partial charge in [-0.3, -0.25) is 4.79 Å². The maximum Gasteiger partial charge on any atom is 0.263 e. The van der Waals surface area contributed by atoms with Crippen LogP contribution in [0.4, 0.5) is 0 Å². The summed E-state index contributed by atoms with van der Waals surface area (Å²) in [6, 6.07) is 9.90. The van der Waals surface area contributed by atoms with Crippen molar-refractivity contribution in [3.63, 3.8) is 0 Å². The molecule has 0 radical (unpaired) electrons. The van der Waals surface area contributed by atoms with Crippen LogP contribution in [0, 0.1) is 6.92 Å². The summed E-state index contributed by atoms with van der Waals surface area (Å²) in [5.74, 6) is -0.0725. The minimum Gasteiger partial charge on any atom is -0.351 e. The van der Waals surface area contributed by atoms with Crippen LogP contribution in [-0.2, 0) is 6.42 Å². The first-order valence-corrected chi connectivity index (χ1v) is 7.84. The molecular weight excluding hydrogens is 296 g/mol. The topological polar surface area (TPSA) is 70.7 Å². The number of thiazole rings is 1. The Morgan fingerprint density at radius 2 is 2.14 bits per heavy atom. The van der Waals surface area contributed by atoms with Crippen molar-refractivity contribution >= 4 is 17.2 Å². The summed E-state index contributed by atoms with van der Waals surface area (Å²) in [4.78, 5) is 24.4. The van der Waals surface area contributed by atoms with E-state index in [0.29, 0.717) is 11.4 Å². The number of amides is 1. The number of nitrogens with one attached hydrogen (secondary N) is 2. The van der Waals surface area contributed by atoms with Gasteiger partial charge in [0.05, 0.1) is 12.0 Å². The van der Waals surface area contributed by atoms with Crippen LogP contribution in [0.15, 0.2) is 42.9 Å². The Bertz CT molecular complexity index is 750. The average molecular weight is 312 g/mol. The van der Waals surface area contributed by atoms with Crippen LogP contribution in [0.1, 0.15) is 21.1 Å². The molecule has 0 aliphatic carbocycles. The summed E-state index contributed by atoms with van der Waals surface area (Å²) < 4.78 is 0. The van der Waals surface area contributed by atoms with Gasteiger partial charge in [-0.1, -0.05) is 30.3 Å². The highest BCUT2D eigenvalue weighted by Gasteiger charge is 2.15. The molecule has 0 aliphatic rings. The van der Waals surface area contributed by atoms with Crippen LogP contribution in [0.25, 0.3) is 10.6 Å². The molecular formula is C16H16N4OS. The lowest BCUT2D eigenvalue weighted by Crippen LogP contribution is -2.25. The molecule has 2 aromatic heterocycles. The van der Waals surface area contributed by atoms with Crippen molar-refractivity contribution in [3.05, 3.63) is 59.1 Å². The zero-order valence-corrected chi connectivity index (χ0v) is 13.0. The molecule has 5 nitrogen and oxygen atoms in total. The van der Waals surface area contributed by atoms with Gasteiger partial charge in [0, 0.05) is 30.4 Å². The summed E-state index contributed by atoms with van der Waals surface area (Å²) in [5, 5.41) is 3.80. The molecule has 112 valence electrons. The average Bonchev–Trinajstić information content (AvgIpc) is 3.17. The third-order valence-electron chi connectivity index (χ3n) is 3.26. The fourth-order valence-corrected chi connectivity index (χ4v) is 3.11. The van der Waals surface area contributed by atoms with E-state index in [1.165, 1.54) is 11.3 Å². The molecule has 3 rings (SSSR count). The number of rotatable bonds is 5. The van der Waals surface area contributed by atoms with Crippen LogP contribution < -0.4 is 5.32 Å². The molecule has 0 aliphatic heterocycles. The van der Waals surface area contributed by atoms with Gasteiger partial charge in [-0.05, 0) is 6.92 Å². The molecule has 2 heterocycles. The number of carbonyl (C=O) groups excluding carboxylic acids is 1. The molecule has 0 saturated carbocycles. The Kier molecular flexibility index (Phi) is 4.29. The highest BCUT2D eigenvalue weighted by molar-refractivity contribution is 7.17. The van der Waals surface area contributed by atoms with Gasteiger partial charge in [0.15, 0.2) is 0 Å². The lowest BCUT2D eigenvalue weighted by atomic mass is 10.2. The number of hydrogen-bond acceptors (Lipinski definition) is 4. The molecule has 2 N–H and O–H groups in total. The van der Waals surface area contributed by atoms with Crippen molar-refractivity contribution in [2.75, 3.05) is 6.54 Å². The van der Waals surface area contributed by atoms with Crippen LogP contribution >= 0.6 is 11.3 Å². The number of hydrogen-bond donors (Lipinski definition) is 2. The van der Waals surface area contributed by atoms with E-state index in [1.807, 2.05) is 37.3 Å². The quantitative estimate of drug-likeness (QED) is 0.761. The Morgan fingerprint density at radius 1 is 1.32 bits per heavy atom. The molecule has 0 saturated heterocycles. The third-order valence-corrected chi connectivity index (χ3v) is 4.46. The second-order valence-electron chi connectivity index (χ2n) is 4.88. The third kappa shape index (κ3) is 3.23. The Labute approximate surface area is 132 Å². The lowest BCUT2D eigenvalue weighted by Gasteiger charge is -2.02. The first kappa shape index (κ1) is 14.5. The van der Waals surface area contributed by atoms with E-state index < -0.39 is 0 Å². The molecule has 0 fully saturated rings. The highest BCUT2D eigenvalue weighted by atomic mass is 32.1. The van der Waals surface area contributed by atoms with Gasteiger partial charge >= 0.3 is 0 Å². The summed E-state index contributed by atoms with van der Waals surface area (Å²) in [5.41, 5.74) is 2.81. The van der Waals surface area contributed by atoms with Crippen LogP contribution in [0.2, 0.25) is 0 Å². The molecule has 22 heavy (non-hydrogen) atoms. The maximum atomic E-state index is 12.3. The van der Waals surface area contributed by atoms with Crippen molar-refractivity contribution in [1.82, 2.24) is 20.3 Å². The second kappa shape index (κ2) is 6.53. The smallest absolute Gasteiger partial charge is 0.263 e. The van der Waals surface area contributed by atoms with Crippen LogP contribution in [0.3, 0.4) is 0 Å². The second-order valence-corrected chi connectivity index (χ2v) is 5.88. The number of carbonyl (C=O) groups is 1. The molecule has 3 aromatic rings. The monoisotopic (exact) mass is 312 g/mol. The van der Waals surface area contributed by atoms with Gasteiger partial charge in [-0.2, -0.15) is 0 Å². The first-order valence-electron chi connectivity index (χ1n) is 7.02. The van der Waals surface area contributed by atoms with E-state index >= 15 is 0 Å². The van der Waals surface area contributed by atoms with E-state index in [-0.39, 0.29) is 5.91 Å². The van der Waals surface area contributed by atoms with Crippen molar-refractivity contribution in [3.8, 4) is 10.6 Å². The first-order chi connectivity index (χ1) is 10.7. The standard InChI is InChI=1S/C16H16N4OS/c1-11-14(15(21)18-8-7-13-9-17-10-19-13)22-16(20-11)12-5-3-2-4-6-12/h2-6,9-10H,7-8H2,1H3,(H,17,19)(H,18,21). The number of aryl methyl sites for hydroxylation is 1. The summed E-state index contributed by atoms with van der Waals surface area (Å²) in [6.07, 6.45) is 4.13. The normalized spacial score (nSPS) is 10.6. The SMILES string of the molecule is Cc1nc(-c2ccccc2)sc1C(=O)NCCc1cnc[nH]1. The summed E-state index contributed by atoms with van der Waals surface area (Å²) in [6.45, 7) is 2.44. The van der Waals surface area contributed by atoms with Gasteiger partial charge in [0.1, 0.15) is 9.88 Å². The number of nitrogens with zero attached hydrogens (tertiary/aromatic N) is 2. The van der Waals surface area contributed by atoms with Crippen LogP contribution in [-0.4, -0.2) is 27.4 Å². The zero-order chi connectivity index (χ0) is 15.4. The van der Waals surface area contributed by atoms with Crippen molar-refractivity contribution in [2.24, 2.45) is 0 Å². The number of aromatic nitrogens is 3. The highest BCUT2D eigenvalue weighted by Crippen LogP contribution is 2.27. The van der Waals surface area contributed by atoms with Gasteiger partial charge in [0.25, 0.3) is 5.91 Å². The molecule has 1 aromatic carbocycles. The number of benzene rings is 1. The van der Waals surface area contributed by atoms with Crippen molar-refractivity contribution in [2.45, 2.75) is 13.3 Å². The molecule has 6 heteroatoms. The zero-order valence-electron chi connectivity index (χ0n) is 12.2. The Balaban J connectivity index is 1.66. The van der Waals surface area contributed by atoms with E-state index in [0.717, 1.165) is 28.4 Å². The maximum absolute atomic E-state index is 12.3. The van der Waals surface area contributed by atoms with Gasteiger partial charge in [-0.15, -0.1) is 11.3 Å². The number of imidazole rings is 1. The van der Waals surface area contributed by atoms with Crippen molar-refractivity contribution < 1.29 is 4.79 Å². The largest absolute Gasteiger partial charge is 0.351 e. The van der Waals surface area contributed by atoms with Crippen molar-refractivity contribution in [1.29, 1.82) is 0 Å². The molecule has 1 amide bonds.